The van der Waals surface area contributed by atoms with Gasteiger partial charge < -0.3 is 10.2 Å². The number of halogens is 1. The van der Waals surface area contributed by atoms with E-state index in [0.29, 0.717) is 19.1 Å². The Balaban J connectivity index is 1.79. The smallest absolute Gasteiger partial charge is 0.257 e. The second-order valence-electron chi connectivity index (χ2n) is 5.35. The summed E-state index contributed by atoms with van der Waals surface area (Å²) in [6.45, 7) is 3.39. The highest BCUT2D eigenvalue weighted by Gasteiger charge is 2.33. The van der Waals surface area contributed by atoms with Crippen molar-refractivity contribution in [2.75, 3.05) is 38.5 Å². The number of piperazine rings is 1. The molecule has 1 unspecified atom stereocenters. The van der Waals surface area contributed by atoms with E-state index in [2.05, 4.69) is 15.2 Å². The van der Waals surface area contributed by atoms with Crippen LogP contribution in [0.2, 0.25) is 0 Å². The average Bonchev–Trinajstić information content (AvgIpc) is 2.94. The maximum absolute atomic E-state index is 14.2. The molecule has 0 bridgehead atoms. The third-order valence-corrected chi connectivity index (χ3v) is 4.23. The van der Waals surface area contributed by atoms with Crippen molar-refractivity contribution >= 4 is 11.7 Å². The van der Waals surface area contributed by atoms with Gasteiger partial charge in [0.25, 0.3) is 5.91 Å². The third kappa shape index (κ3) is 2.24. The molecule has 2 aliphatic rings. The van der Waals surface area contributed by atoms with E-state index in [0.717, 1.165) is 19.5 Å². The molecule has 3 heterocycles. The zero-order valence-electron chi connectivity index (χ0n) is 11.6. The molecule has 1 N–H and O–H groups in total. The van der Waals surface area contributed by atoms with E-state index in [9.17, 15) is 9.18 Å². The first-order valence-electron chi connectivity index (χ1n) is 7.06. The van der Waals surface area contributed by atoms with E-state index in [1.165, 1.54) is 18.7 Å². The molecule has 2 saturated heterocycles. The molecule has 3 rings (SSSR count). The highest BCUT2D eigenvalue weighted by Crippen LogP contribution is 2.23. The SMILES string of the molecule is CNc1nccc(C(=O)N2CCN3CCCC3C2)c1F. The zero-order chi connectivity index (χ0) is 14.1. The number of aromatic nitrogens is 1. The van der Waals surface area contributed by atoms with Gasteiger partial charge in [-0.3, -0.25) is 9.69 Å². The monoisotopic (exact) mass is 278 g/mol. The van der Waals surface area contributed by atoms with Crippen LogP contribution in [0.3, 0.4) is 0 Å². The number of anilines is 1. The van der Waals surface area contributed by atoms with Gasteiger partial charge in [0, 0.05) is 38.9 Å². The van der Waals surface area contributed by atoms with Crippen molar-refractivity contribution in [3.05, 3.63) is 23.6 Å². The van der Waals surface area contributed by atoms with E-state index in [-0.39, 0.29) is 17.3 Å². The lowest BCUT2D eigenvalue weighted by Crippen LogP contribution is -2.52. The first-order chi connectivity index (χ1) is 9.70. The summed E-state index contributed by atoms with van der Waals surface area (Å²) < 4.78 is 14.2. The molecule has 1 amide bonds. The van der Waals surface area contributed by atoms with Crippen molar-refractivity contribution in [3.63, 3.8) is 0 Å². The van der Waals surface area contributed by atoms with Gasteiger partial charge in [0.2, 0.25) is 0 Å². The lowest BCUT2D eigenvalue weighted by molar-refractivity contribution is 0.0567. The maximum atomic E-state index is 14.2. The lowest BCUT2D eigenvalue weighted by atomic mass is 10.1. The number of carbonyl (C=O) groups is 1. The molecule has 2 aliphatic heterocycles. The van der Waals surface area contributed by atoms with Crippen LogP contribution in [-0.2, 0) is 0 Å². The van der Waals surface area contributed by atoms with Crippen molar-refractivity contribution in [1.29, 1.82) is 0 Å². The van der Waals surface area contributed by atoms with Crippen molar-refractivity contribution in [2.45, 2.75) is 18.9 Å². The molecule has 0 aliphatic carbocycles. The Kier molecular flexibility index (Phi) is 3.56. The summed E-state index contributed by atoms with van der Waals surface area (Å²) >= 11 is 0. The van der Waals surface area contributed by atoms with Gasteiger partial charge in [-0.15, -0.1) is 0 Å². The normalized spacial score (nSPS) is 22.7. The zero-order valence-corrected chi connectivity index (χ0v) is 11.6. The Hall–Kier alpha value is -1.69. The largest absolute Gasteiger partial charge is 0.371 e. The van der Waals surface area contributed by atoms with Gasteiger partial charge in [0.1, 0.15) is 0 Å². The molecular weight excluding hydrogens is 259 g/mol. The van der Waals surface area contributed by atoms with Crippen LogP contribution < -0.4 is 5.32 Å². The molecule has 5 nitrogen and oxygen atoms in total. The standard InChI is InChI=1S/C14H19FN4O/c1-16-13-12(15)11(4-5-17-13)14(20)19-8-7-18-6-2-3-10(18)9-19/h4-5,10H,2-3,6-9H2,1H3,(H,16,17). The first-order valence-corrected chi connectivity index (χ1v) is 7.06. The van der Waals surface area contributed by atoms with Crippen LogP contribution in [0.25, 0.3) is 0 Å². The number of rotatable bonds is 2. The Morgan fingerprint density at radius 2 is 2.30 bits per heavy atom. The molecule has 108 valence electrons. The summed E-state index contributed by atoms with van der Waals surface area (Å²) in [5, 5.41) is 2.67. The Labute approximate surface area is 117 Å². The summed E-state index contributed by atoms with van der Waals surface area (Å²) in [5.41, 5.74) is 0.107. The quantitative estimate of drug-likeness (QED) is 0.882. The van der Waals surface area contributed by atoms with Crippen molar-refractivity contribution < 1.29 is 9.18 Å². The van der Waals surface area contributed by atoms with Crippen molar-refractivity contribution in [3.8, 4) is 0 Å². The lowest BCUT2D eigenvalue weighted by Gasteiger charge is -2.37. The summed E-state index contributed by atoms with van der Waals surface area (Å²) in [6.07, 6.45) is 3.79. The minimum absolute atomic E-state index is 0.107. The average molecular weight is 278 g/mol. The Morgan fingerprint density at radius 1 is 1.45 bits per heavy atom. The van der Waals surface area contributed by atoms with E-state index < -0.39 is 5.82 Å². The number of nitrogens with one attached hydrogen (secondary N) is 1. The highest BCUT2D eigenvalue weighted by atomic mass is 19.1. The summed E-state index contributed by atoms with van der Waals surface area (Å²) in [7, 11) is 1.59. The first kappa shape index (κ1) is 13.3. The molecule has 0 saturated carbocycles. The minimum Gasteiger partial charge on any atom is -0.371 e. The highest BCUT2D eigenvalue weighted by molar-refractivity contribution is 5.95. The number of pyridine rings is 1. The predicted octanol–water partition coefficient (Wildman–Crippen LogP) is 1.18. The third-order valence-electron chi connectivity index (χ3n) is 4.23. The molecule has 20 heavy (non-hydrogen) atoms. The van der Waals surface area contributed by atoms with Crippen LogP contribution in [0.1, 0.15) is 23.2 Å². The van der Waals surface area contributed by atoms with Gasteiger partial charge in [-0.2, -0.15) is 0 Å². The molecule has 1 aromatic rings. The number of hydrogen-bond donors (Lipinski definition) is 1. The van der Waals surface area contributed by atoms with Crippen LogP contribution in [0.15, 0.2) is 12.3 Å². The van der Waals surface area contributed by atoms with Gasteiger partial charge in [-0.25, -0.2) is 9.37 Å². The topological polar surface area (TPSA) is 48.5 Å². The fourth-order valence-corrected chi connectivity index (χ4v) is 3.13. The van der Waals surface area contributed by atoms with E-state index in [1.807, 2.05) is 0 Å². The summed E-state index contributed by atoms with van der Waals surface area (Å²) in [5.74, 6) is -0.669. The van der Waals surface area contributed by atoms with Crippen LogP contribution in [0, 0.1) is 5.82 Å². The van der Waals surface area contributed by atoms with Crippen LogP contribution in [-0.4, -0.2) is 60.0 Å². The number of fused-ring (bicyclic) bond motifs is 1. The Bertz CT molecular complexity index is 522. The fraction of sp³-hybridized carbons (Fsp3) is 0.571. The predicted molar refractivity (Wildman–Crippen MR) is 74.2 cm³/mol. The molecule has 0 spiro atoms. The summed E-state index contributed by atoms with van der Waals surface area (Å²) in [4.78, 5) is 20.6. The van der Waals surface area contributed by atoms with Gasteiger partial charge in [0.05, 0.1) is 5.56 Å². The van der Waals surface area contributed by atoms with E-state index in [4.69, 9.17) is 0 Å². The molecule has 2 fully saturated rings. The number of carbonyl (C=O) groups excluding carboxylic acids is 1. The molecular formula is C14H19FN4O. The van der Waals surface area contributed by atoms with E-state index in [1.54, 1.807) is 11.9 Å². The van der Waals surface area contributed by atoms with Crippen LogP contribution >= 0.6 is 0 Å². The maximum Gasteiger partial charge on any atom is 0.257 e. The molecule has 1 atom stereocenters. The molecule has 0 aromatic carbocycles. The van der Waals surface area contributed by atoms with Gasteiger partial charge >= 0.3 is 0 Å². The fourth-order valence-electron chi connectivity index (χ4n) is 3.13. The van der Waals surface area contributed by atoms with E-state index >= 15 is 0 Å². The minimum atomic E-state index is -0.561. The second kappa shape index (κ2) is 5.36. The van der Waals surface area contributed by atoms with Gasteiger partial charge in [0.15, 0.2) is 11.6 Å². The Morgan fingerprint density at radius 3 is 3.10 bits per heavy atom. The van der Waals surface area contributed by atoms with Gasteiger partial charge in [-0.05, 0) is 25.5 Å². The molecule has 1 aromatic heterocycles. The van der Waals surface area contributed by atoms with Crippen LogP contribution in [0.5, 0.6) is 0 Å². The van der Waals surface area contributed by atoms with Crippen LogP contribution in [0.4, 0.5) is 10.2 Å². The van der Waals surface area contributed by atoms with Gasteiger partial charge in [-0.1, -0.05) is 0 Å². The number of nitrogens with zero attached hydrogens (tertiary/aromatic N) is 3. The number of amides is 1. The van der Waals surface area contributed by atoms with Crippen molar-refractivity contribution in [2.24, 2.45) is 0 Å². The molecule has 0 radical (unpaired) electrons. The summed E-state index contributed by atoms with van der Waals surface area (Å²) in [6, 6.07) is 1.90. The van der Waals surface area contributed by atoms with Crippen molar-refractivity contribution in [1.82, 2.24) is 14.8 Å². The number of hydrogen-bond acceptors (Lipinski definition) is 4. The molecule has 6 heteroatoms. The second-order valence-corrected chi connectivity index (χ2v) is 5.35.